The Hall–Kier alpha value is -2.95. The van der Waals surface area contributed by atoms with Crippen molar-refractivity contribution in [1.29, 1.82) is 5.26 Å². The summed E-state index contributed by atoms with van der Waals surface area (Å²) in [5.74, 6) is -2.37. The minimum Gasteiger partial charge on any atom is -0.465 e. The van der Waals surface area contributed by atoms with Gasteiger partial charge in [0.2, 0.25) is 5.91 Å². The third-order valence-corrected chi connectivity index (χ3v) is 4.85. The maximum Gasteiger partial charge on any atom is 0.328 e. The molecule has 1 unspecified atom stereocenters. The van der Waals surface area contributed by atoms with Crippen LogP contribution in [0.1, 0.15) is 50.5 Å². The van der Waals surface area contributed by atoms with Gasteiger partial charge in [-0.25, -0.2) is 0 Å². The van der Waals surface area contributed by atoms with Gasteiger partial charge in [0.1, 0.15) is 0 Å². The van der Waals surface area contributed by atoms with E-state index in [-0.39, 0.29) is 29.7 Å². The van der Waals surface area contributed by atoms with Gasteiger partial charge in [-0.3, -0.25) is 19.7 Å². The van der Waals surface area contributed by atoms with Crippen LogP contribution in [0.4, 0.5) is 11.4 Å². The van der Waals surface area contributed by atoms with Crippen molar-refractivity contribution in [3.63, 3.8) is 0 Å². The molecule has 1 aromatic rings. The number of hydrogen-bond acceptors (Lipinski definition) is 6. The van der Waals surface area contributed by atoms with Crippen molar-refractivity contribution in [3.8, 4) is 6.07 Å². The molecular formula is C19H23N3O5. The SMILES string of the molecule is CCOC(=O)C(C#N)c1ccc(N(C)C(=O)C2CCCCC2)cc1[N+](=O)[O-]. The fourth-order valence-electron chi connectivity index (χ4n) is 3.37. The number of rotatable bonds is 6. The van der Waals surface area contributed by atoms with E-state index in [1.807, 2.05) is 0 Å². The fourth-order valence-corrected chi connectivity index (χ4v) is 3.37. The number of amides is 1. The molecule has 1 aromatic carbocycles. The van der Waals surface area contributed by atoms with E-state index in [1.165, 1.54) is 23.1 Å². The molecule has 0 bridgehead atoms. The van der Waals surface area contributed by atoms with Gasteiger partial charge in [0.05, 0.1) is 28.9 Å². The number of nitriles is 1. The highest BCUT2D eigenvalue weighted by Crippen LogP contribution is 2.33. The molecule has 8 heteroatoms. The van der Waals surface area contributed by atoms with Crippen LogP contribution < -0.4 is 4.90 Å². The number of ether oxygens (including phenoxy) is 1. The van der Waals surface area contributed by atoms with E-state index in [9.17, 15) is 25.0 Å². The number of anilines is 1. The largest absolute Gasteiger partial charge is 0.465 e. The first kappa shape index (κ1) is 20.4. The van der Waals surface area contributed by atoms with E-state index in [1.54, 1.807) is 20.0 Å². The molecule has 0 spiro atoms. The summed E-state index contributed by atoms with van der Waals surface area (Å²) < 4.78 is 4.83. The Kier molecular flexibility index (Phi) is 6.88. The van der Waals surface area contributed by atoms with E-state index in [2.05, 4.69) is 0 Å². The molecule has 0 N–H and O–H groups in total. The number of nitro benzene ring substituents is 1. The lowest BCUT2D eigenvalue weighted by Crippen LogP contribution is -2.34. The molecule has 144 valence electrons. The lowest BCUT2D eigenvalue weighted by Gasteiger charge is -2.26. The van der Waals surface area contributed by atoms with Crippen molar-refractivity contribution in [3.05, 3.63) is 33.9 Å². The van der Waals surface area contributed by atoms with Gasteiger partial charge in [0, 0.05) is 19.0 Å². The van der Waals surface area contributed by atoms with Crippen molar-refractivity contribution in [2.24, 2.45) is 5.92 Å². The highest BCUT2D eigenvalue weighted by Gasteiger charge is 2.31. The standard InChI is InChI=1S/C19H23N3O5/c1-3-27-19(24)16(12-20)15-10-9-14(11-17(15)22(25)26)21(2)18(23)13-7-5-4-6-8-13/h9-11,13,16H,3-8H2,1-2H3. The van der Waals surface area contributed by atoms with Gasteiger partial charge in [0.15, 0.2) is 5.92 Å². The zero-order valence-corrected chi connectivity index (χ0v) is 15.5. The molecule has 1 aliphatic rings. The average molecular weight is 373 g/mol. The van der Waals surface area contributed by atoms with Gasteiger partial charge < -0.3 is 9.64 Å². The van der Waals surface area contributed by atoms with Crippen LogP contribution in [-0.4, -0.2) is 30.5 Å². The second-order valence-corrected chi connectivity index (χ2v) is 6.55. The van der Waals surface area contributed by atoms with Crippen molar-refractivity contribution in [2.45, 2.75) is 44.9 Å². The first-order valence-electron chi connectivity index (χ1n) is 9.02. The minimum atomic E-state index is -1.39. The van der Waals surface area contributed by atoms with Gasteiger partial charge in [-0.15, -0.1) is 0 Å². The molecular weight excluding hydrogens is 350 g/mol. The molecule has 1 saturated carbocycles. The van der Waals surface area contributed by atoms with Crippen molar-refractivity contribution in [1.82, 2.24) is 0 Å². The van der Waals surface area contributed by atoms with Gasteiger partial charge in [-0.1, -0.05) is 19.3 Å². The first-order valence-corrected chi connectivity index (χ1v) is 9.02. The van der Waals surface area contributed by atoms with Crippen LogP contribution >= 0.6 is 0 Å². The topological polar surface area (TPSA) is 114 Å². The second kappa shape index (κ2) is 9.12. The molecule has 0 heterocycles. The Labute approximate surface area is 157 Å². The van der Waals surface area contributed by atoms with E-state index in [4.69, 9.17) is 4.74 Å². The number of nitro groups is 1. The van der Waals surface area contributed by atoms with Gasteiger partial charge in [-0.2, -0.15) is 5.26 Å². The molecule has 27 heavy (non-hydrogen) atoms. The summed E-state index contributed by atoms with van der Waals surface area (Å²) in [6, 6.07) is 5.87. The van der Waals surface area contributed by atoms with Crippen LogP contribution in [0, 0.1) is 27.4 Å². The first-order chi connectivity index (χ1) is 12.9. The van der Waals surface area contributed by atoms with Crippen molar-refractivity contribution in [2.75, 3.05) is 18.6 Å². The Morgan fingerprint density at radius 1 is 1.37 bits per heavy atom. The quantitative estimate of drug-likeness (QED) is 0.429. The van der Waals surface area contributed by atoms with Crippen molar-refractivity contribution < 1.29 is 19.2 Å². The highest BCUT2D eigenvalue weighted by atomic mass is 16.6. The molecule has 0 aliphatic heterocycles. The third kappa shape index (κ3) is 4.61. The summed E-state index contributed by atoms with van der Waals surface area (Å²) in [7, 11) is 1.59. The summed E-state index contributed by atoms with van der Waals surface area (Å²) in [4.78, 5) is 36.9. The van der Waals surface area contributed by atoms with Crippen LogP contribution in [0.15, 0.2) is 18.2 Å². The molecule has 1 amide bonds. The molecule has 1 atom stereocenters. The number of esters is 1. The summed E-state index contributed by atoms with van der Waals surface area (Å²) >= 11 is 0. The minimum absolute atomic E-state index is 0.0387. The third-order valence-electron chi connectivity index (χ3n) is 4.85. The van der Waals surface area contributed by atoms with E-state index < -0.39 is 16.8 Å². The molecule has 2 rings (SSSR count). The molecule has 1 aliphatic carbocycles. The van der Waals surface area contributed by atoms with Crippen LogP contribution in [0.5, 0.6) is 0 Å². The number of hydrogen-bond donors (Lipinski definition) is 0. The Balaban J connectivity index is 2.34. The Morgan fingerprint density at radius 2 is 2.04 bits per heavy atom. The summed E-state index contributed by atoms with van der Waals surface area (Å²) in [5.41, 5.74) is -0.0554. The van der Waals surface area contributed by atoms with E-state index in [0.29, 0.717) is 5.69 Å². The van der Waals surface area contributed by atoms with Crippen LogP contribution in [0.25, 0.3) is 0 Å². The number of carbonyl (C=O) groups is 2. The van der Waals surface area contributed by atoms with Gasteiger partial charge >= 0.3 is 5.97 Å². The van der Waals surface area contributed by atoms with E-state index >= 15 is 0 Å². The normalized spacial score (nSPS) is 15.4. The maximum absolute atomic E-state index is 12.7. The van der Waals surface area contributed by atoms with E-state index in [0.717, 1.165) is 32.1 Å². The average Bonchev–Trinajstić information content (AvgIpc) is 2.68. The highest BCUT2D eigenvalue weighted by molar-refractivity contribution is 5.95. The van der Waals surface area contributed by atoms with Crippen LogP contribution in [-0.2, 0) is 14.3 Å². The lowest BCUT2D eigenvalue weighted by molar-refractivity contribution is -0.385. The van der Waals surface area contributed by atoms with Crippen molar-refractivity contribution >= 4 is 23.3 Å². The summed E-state index contributed by atoms with van der Waals surface area (Å²) in [5, 5.41) is 20.8. The number of carbonyl (C=O) groups excluding carboxylic acids is 2. The predicted molar refractivity (Wildman–Crippen MR) is 98.1 cm³/mol. The molecule has 8 nitrogen and oxygen atoms in total. The van der Waals surface area contributed by atoms with Crippen LogP contribution in [0.2, 0.25) is 0 Å². The summed E-state index contributed by atoms with van der Waals surface area (Å²) in [6.45, 7) is 1.66. The lowest BCUT2D eigenvalue weighted by atomic mass is 9.88. The monoisotopic (exact) mass is 373 g/mol. The second-order valence-electron chi connectivity index (χ2n) is 6.55. The fraction of sp³-hybridized carbons (Fsp3) is 0.526. The molecule has 0 saturated heterocycles. The van der Waals surface area contributed by atoms with Crippen LogP contribution in [0.3, 0.4) is 0 Å². The predicted octanol–water partition coefficient (Wildman–Crippen LogP) is 3.31. The number of benzene rings is 1. The molecule has 0 radical (unpaired) electrons. The Bertz CT molecular complexity index is 765. The molecule has 1 fully saturated rings. The number of nitrogens with zero attached hydrogens (tertiary/aromatic N) is 3. The smallest absolute Gasteiger partial charge is 0.328 e. The van der Waals surface area contributed by atoms with Gasteiger partial charge in [0.25, 0.3) is 5.69 Å². The zero-order chi connectivity index (χ0) is 20.0. The summed E-state index contributed by atoms with van der Waals surface area (Å²) in [6.07, 6.45) is 4.78. The zero-order valence-electron chi connectivity index (χ0n) is 15.5. The van der Waals surface area contributed by atoms with Gasteiger partial charge in [-0.05, 0) is 31.9 Å². The molecule has 0 aromatic heterocycles. The Morgan fingerprint density at radius 3 is 2.59 bits per heavy atom. The maximum atomic E-state index is 12.7.